The number of nitrogens with two attached hydrogens (primary N) is 1. The van der Waals surface area contributed by atoms with Crippen molar-refractivity contribution in [3.05, 3.63) is 15.9 Å². The lowest BCUT2D eigenvalue weighted by Gasteiger charge is -2.27. The van der Waals surface area contributed by atoms with Crippen molar-refractivity contribution in [1.29, 1.82) is 0 Å². The minimum absolute atomic E-state index is 0.275. The Morgan fingerprint density at radius 1 is 1.53 bits per heavy atom. The van der Waals surface area contributed by atoms with Gasteiger partial charge in [0.2, 0.25) is 0 Å². The zero-order valence-electron chi connectivity index (χ0n) is 11.3. The molecule has 1 aromatic heterocycles. The summed E-state index contributed by atoms with van der Waals surface area (Å²) in [5.41, 5.74) is 8.02. The summed E-state index contributed by atoms with van der Waals surface area (Å²) in [7, 11) is -1.18. The third-order valence-electron chi connectivity index (χ3n) is 3.80. The van der Waals surface area contributed by atoms with E-state index in [9.17, 15) is 8.42 Å². The highest BCUT2D eigenvalue weighted by Crippen LogP contribution is 2.26. The van der Waals surface area contributed by atoms with E-state index in [4.69, 9.17) is 5.73 Å². The molecule has 5 nitrogen and oxygen atoms in total. The van der Waals surface area contributed by atoms with Crippen LogP contribution in [0.15, 0.2) is 4.47 Å². The van der Waals surface area contributed by atoms with Crippen LogP contribution in [0.1, 0.15) is 30.7 Å². The number of aromatic nitrogens is 2. The molecule has 0 radical (unpaired) electrons. The first kappa shape index (κ1) is 15.0. The van der Waals surface area contributed by atoms with Crippen LogP contribution in [0, 0.1) is 6.92 Å². The molecule has 108 valence electrons. The van der Waals surface area contributed by atoms with Crippen LogP contribution in [0.2, 0.25) is 0 Å². The van der Waals surface area contributed by atoms with E-state index in [-0.39, 0.29) is 11.8 Å². The predicted molar refractivity (Wildman–Crippen MR) is 78.8 cm³/mol. The number of aryl methyl sites for hydroxylation is 2. The summed E-state index contributed by atoms with van der Waals surface area (Å²) in [5, 5.41) is 3.90. The maximum absolute atomic E-state index is 12.1. The third-order valence-corrected chi connectivity index (χ3v) is 7.19. The molecule has 0 bridgehead atoms. The smallest absolute Gasteiger partial charge is 0.154 e. The van der Waals surface area contributed by atoms with Crippen molar-refractivity contribution >= 4 is 25.8 Å². The molecule has 2 atom stereocenters. The molecule has 1 aliphatic rings. The van der Waals surface area contributed by atoms with E-state index in [1.165, 1.54) is 0 Å². The highest BCUT2D eigenvalue weighted by atomic mass is 79.9. The molecule has 1 aromatic rings. The molecule has 19 heavy (non-hydrogen) atoms. The van der Waals surface area contributed by atoms with E-state index in [0.717, 1.165) is 28.7 Å². The van der Waals surface area contributed by atoms with Gasteiger partial charge in [0.1, 0.15) is 0 Å². The fraction of sp³-hybridized carbons (Fsp3) is 0.750. The molecule has 7 heteroatoms. The summed E-state index contributed by atoms with van der Waals surface area (Å²) in [6.45, 7) is 1.91. The Kier molecular flexibility index (Phi) is 4.37. The van der Waals surface area contributed by atoms with Gasteiger partial charge in [0.15, 0.2) is 9.84 Å². The second-order valence-electron chi connectivity index (χ2n) is 5.24. The number of nitrogens with zero attached hydrogens (tertiary/aromatic N) is 2. The van der Waals surface area contributed by atoms with Gasteiger partial charge in [-0.15, -0.1) is 0 Å². The minimum Gasteiger partial charge on any atom is -0.326 e. The Hall–Kier alpha value is -0.400. The molecule has 0 aromatic carbocycles. The lowest BCUT2D eigenvalue weighted by molar-refractivity contribution is 0.488. The van der Waals surface area contributed by atoms with Gasteiger partial charge in [-0.3, -0.25) is 4.68 Å². The zero-order chi connectivity index (χ0) is 14.2. The first-order chi connectivity index (χ1) is 8.83. The van der Waals surface area contributed by atoms with Crippen LogP contribution in [0.5, 0.6) is 0 Å². The van der Waals surface area contributed by atoms with Gasteiger partial charge >= 0.3 is 0 Å². The summed E-state index contributed by atoms with van der Waals surface area (Å²) in [6.07, 6.45) is 2.92. The van der Waals surface area contributed by atoms with E-state index >= 15 is 0 Å². The summed E-state index contributed by atoms with van der Waals surface area (Å²) >= 11 is 3.49. The Morgan fingerprint density at radius 2 is 2.21 bits per heavy atom. The van der Waals surface area contributed by atoms with Crippen molar-refractivity contribution < 1.29 is 8.42 Å². The molecule has 1 aliphatic heterocycles. The lowest BCUT2D eigenvalue weighted by atomic mass is 10.0. The molecule has 0 saturated carbocycles. The van der Waals surface area contributed by atoms with E-state index in [0.29, 0.717) is 12.8 Å². The molecule has 1 saturated heterocycles. The van der Waals surface area contributed by atoms with Crippen molar-refractivity contribution in [1.82, 2.24) is 9.78 Å². The fourth-order valence-corrected chi connectivity index (χ4v) is 5.28. The Labute approximate surface area is 122 Å². The third kappa shape index (κ3) is 3.03. The van der Waals surface area contributed by atoms with Crippen LogP contribution in [-0.4, -0.2) is 35.2 Å². The monoisotopic (exact) mass is 349 g/mol. The van der Waals surface area contributed by atoms with Crippen LogP contribution < -0.4 is 5.73 Å². The summed E-state index contributed by atoms with van der Waals surface area (Å²) < 4.78 is 26.9. The van der Waals surface area contributed by atoms with E-state index < -0.39 is 15.1 Å². The van der Waals surface area contributed by atoms with Crippen LogP contribution in [0.3, 0.4) is 0 Å². The topological polar surface area (TPSA) is 78.0 Å². The van der Waals surface area contributed by atoms with Gasteiger partial charge in [0.05, 0.1) is 26.9 Å². The van der Waals surface area contributed by atoms with Crippen molar-refractivity contribution in [2.24, 2.45) is 12.8 Å². The van der Waals surface area contributed by atoms with E-state index in [1.807, 2.05) is 14.0 Å². The van der Waals surface area contributed by atoms with Gasteiger partial charge in [-0.25, -0.2) is 8.42 Å². The Morgan fingerprint density at radius 3 is 2.74 bits per heavy atom. The van der Waals surface area contributed by atoms with Gasteiger partial charge in [0.25, 0.3) is 0 Å². The average Bonchev–Trinajstić information content (AvgIpc) is 2.55. The molecule has 2 N–H and O–H groups in total. The molecule has 0 amide bonds. The summed E-state index contributed by atoms with van der Waals surface area (Å²) in [5.74, 6) is 0.275. The molecular formula is C12H20BrN3O2S. The number of hydrogen-bond donors (Lipinski definition) is 1. The van der Waals surface area contributed by atoms with Crippen LogP contribution in [-0.2, 0) is 23.3 Å². The molecule has 2 unspecified atom stereocenters. The average molecular weight is 350 g/mol. The SMILES string of the molecule is Cc1nn(C)c(CC(N)C2CCCCS2(=O)=O)c1Br. The normalized spacial score (nSPS) is 24.3. The molecule has 2 rings (SSSR count). The quantitative estimate of drug-likeness (QED) is 0.892. The molecule has 0 aliphatic carbocycles. The van der Waals surface area contributed by atoms with Crippen LogP contribution >= 0.6 is 15.9 Å². The minimum atomic E-state index is -3.03. The maximum Gasteiger partial charge on any atom is 0.154 e. The highest BCUT2D eigenvalue weighted by molar-refractivity contribution is 9.10. The number of hydrogen-bond acceptors (Lipinski definition) is 4. The largest absolute Gasteiger partial charge is 0.326 e. The first-order valence-electron chi connectivity index (χ1n) is 6.48. The summed E-state index contributed by atoms with van der Waals surface area (Å²) in [4.78, 5) is 0. The van der Waals surface area contributed by atoms with Gasteiger partial charge in [-0.2, -0.15) is 5.10 Å². The Balaban J connectivity index is 2.19. The van der Waals surface area contributed by atoms with Crippen molar-refractivity contribution in [3.63, 3.8) is 0 Å². The molecule has 1 fully saturated rings. The summed E-state index contributed by atoms with van der Waals surface area (Å²) in [6, 6.07) is -0.364. The standard InChI is InChI=1S/C12H20BrN3O2S/c1-8-12(13)10(16(2)15-8)7-9(14)11-5-3-4-6-19(11,17)18/h9,11H,3-7,14H2,1-2H3. The second-order valence-corrected chi connectivity index (χ2v) is 8.37. The van der Waals surface area contributed by atoms with E-state index in [1.54, 1.807) is 4.68 Å². The second kappa shape index (κ2) is 5.54. The van der Waals surface area contributed by atoms with Gasteiger partial charge in [0, 0.05) is 19.5 Å². The first-order valence-corrected chi connectivity index (χ1v) is 8.99. The molecule has 0 spiro atoms. The van der Waals surface area contributed by atoms with Crippen LogP contribution in [0.25, 0.3) is 0 Å². The maximum atomic E-state index is 12.1. The molecule has 2 heterocycles. The lowest BCUT2D eigenvalue weighted by Crippen LogP contribution is -2.45. The van der Waals surface area contributed by atoms with E-state index in [2.05, 4.69) is 21.0 Å². The predicted octanol–water partition coefficient (Wildman–Crippen LogP) is 1.33. The Bertz CT molecular complexity index is 568. The van der Waals surface area contributed by atoms with Gasteiger partial charge < -0.3 is 5.73 Å². The van der Waals surface area contributed by atoms with Gasteiger partial charge in [-0.1, -0.05) is 6.42 Å². The van der Waals surface area contributed by atoms with Gasteiger partial charge in [-0.05, 0) is 35.7 Å². The van der Waals surface area contributed by atoms with Crippen molar-refractivity contribution in [3.8, 4) is 0 Å². The zero-order valence-corrected chi connectivity index (χ0v) is 13.7. The van der Waals surface area contributed by atoms with Crippen molar-refractivity contribution in [2.45, 2.75) is 43.9 Å². The fourth-order valence-electron chi connectivity index (χ4n) is 2.72. The number of sulfone groups is 1. The number of halogens is 1. The molecular weight excluding hydrogens is 330 g/mol. The van der Waals surface area contributed by atoms with Crippen molar-refractivity contribution in [2.75, 3.05) is 5.75 Å². The number of rotatable bonds is 3. The highest BCUT2D eigenvalue weighted by Gasteiger charge is 2.34. The van der Waals surface area contributed by atoms with Crippen LogP contribution in [0.4, 0.5) is 0 Å².